The SMILES string of the molecule is N#CCc1c(-c2cccs2)[nH]c2ccc(F)cc12. The summed E-state index contributed by atoms with van der Waals surface area (Å²) in [4.78, 5) is 4.34. The fourth-order valence-electron chi connectivity index (χ4n) is 2.11. The molecule has 3 rings (SSSR count). The highest BCUT2D eigenvalue weighted by atomic mass is 32.1. The summed E-state index contributed by atoms with van der Waals surface area (Å²) < 4.78 is 13.3. The maximum Gasteiger partial charge on any atom is 0.123 e. The van der Waals surface area contributed by atoms with Crippen LogP contribution in [0.25, 0.3) is 21.5 Å². The number of nitrogens with one attached hydrogen (secondary N) is 1. The molecule has 0 aliphatic heterocycles. The Labute approximate surface area is 107 Å². The molecule has 1 N–H and O–H groups in total. The van der Waals surface area contributed by atoms with Crippen molar-refractivity contribution in [3.8, 4) is 16.6 Å². The third kappa shape index (κ3) is 1.69. The van der Waals surface area contributed by atoms with Crippen LogP contribution < -0.4 is 0 Å². The fourth-order valence-corrected chi connectivity index (χ4v) is 2.87. The molecule has 0 aliphatic carbocycles. The molecule has 2 aromatic heterocycles. The Bertz CT molecular complexity index is 735. The van der Waals surface area contributed by atoms with Crippen LogP contribution in [0.15, 0.2) is 35.7 Å². The number of hydrogen-bond donors (Lipinski definition) is 1. The van der Waals surface area contributed by atoms with Gasteiger partial charge in [-0.25, -0.2) is 4.39 Å². The van der Waals surface area contributed by atoms with Crippen molar-refractivity contribution >= 4 is 22.2 Å². The Hall–Kier alpha value is -2.12. The van der Waals surface area contributed by atoms with E-state index in [0.717, 1.165) is 27.0 Å². The molecule has 4 heteroatoms. The summed E-state index contributed by atoms with van der Waals surface area (Å²) in [5, 5.41) is 11.7. The first kappa shape index (κ1) is 11.0. The minimum atomic E-state index is -0.279. The van der Waals surface area contributed by atoms with E-state index in [9.17, 15) is 4.39 Å². The average molecular weight is 256 g/mol. The van der Waals surface area contributed by atoms with Crippen LogP contribution in [-0.2, 0) is 6.42 Å². The number of nitriles is 1. The largest absolute Gasteiger partial charge is 0.354 e. The summed E-state index contributed by atoms with van der Waals surface area (Å²) in [6, 6.07) is 10.7. The number of hydrogen-bond acceptors (Lipinski definition) is 2. The van der Waals surface area contributed by atoms with Gasteiger partial charge in [-0.15, -0.1) is 11.3 Å². The lowest BCUT2D eigenvalue weighted by Gasteiger charge is -1.97. The van der Waals surface area contributed by atoms with Gasteiger partial charge in [-0.2, -0.15) is 5.26 Å². The first-order valence-corrected chi connectivity index (χ1v) is 6.38. The predicted molar refractivity (Wildman–Crippen MR) is 70.9 cm³/mol. The summed E-state index contributed by atoms with van der Waals surface area (Å²) in [6.07, 6.45) is 0.274. The molecule has 0 radical (unpaired) electrons. The molecule has 0 aliphatic rings. The van der Waals surface area contributed by atoms with E-state index >= 15 is 0 Å². The number of aromatic amines is 1. The van der Waals surface area contributed by atoms with Crippen LogP contribution in [0.2, 0.25) is 0 Å². The molecule has 88 valence electrons. The number of halogens is 1. The van der Waals surface area contributed by atoms with Crippen molar-refractivity contribution in [1.29, 1.82) is 5.26 Å². The van der Waals surface area contributed by atoms with Gasteiger partial charge in [0, 0.05) is 16.5 Å². The van der Waals surface area contributed by atoms with Crippen LogP contribution in [0.3, 0.4) is 0 Å². The highest BCUT2D eigenvalue weighted by molar-refractivity contribution is 7.13. The molecule has 0 bridgehead atoms. The summed E-state index contributed by atoms with van der Waals surface area (Å²) in [5.74, 6) is -0.279. The Balaban J connectivity index is 2.31. The van der Waals surface area contributed by atoms with Crippen molar-refractivity contribution in [1.82, 2.24) is 4.98 Å². The zero-order valence-corrected chi connectivity index (χ0v) is 10.2. The first-order chi connectivity index (χ1) is 8.79. The minimum Gasteiger partial charge on any atom is -0.354 e. The molecule has 0 saturated carbocycles. The number of H-pyrrole nitrogens is 1. The van der Waals surface area contributed by atoms with E-state index < -0.39 is 0 Å². The average Bonchev–Trinajstić information content (AvgIpc) is 2.98. The minimum absolute atomic E-state index is 0.274. The highest BCUT2D eigenvalue weighted by Gasteiger charge is 2.14. The molecule has 1 aromatic carbocycles. The lowest BCUT2D eigenvalue weighted by Crippen LogP contribution is -1.83. The Morgan fingerprint density at radius 2 is 2.22 bits per heavy atom. The monoisotopic (exact) mass is 256 g/mol. The number of thiophene rings is 1. The molecule has 0 saturated heterocycles. The van der Waals surface area contributed by atoms with Crippen molar-refractivity contribution in [2.75, 3.05) is 0 Å². The lowest BCUT2D eigenvalue weighted by atomic mass is 10.1. The van der Waals surface area contributed by atoms with Crippen molar-refractivity contribution in [3.63, 3.8) is 0 Å². The van der Waals surface area contributed by atoms with Gasteiger partial charge in [-0.05, 0) is 29.6 Å². The van der Waals surface area contributed by atoms with Gasteiger partial charge in [0.25, 0.3) is 0 Å². The summed E-state index contributed by atoms with van der Waals surface area (Å²) >= 11 is 1.60. The van der Waals surface area contributed by atoms with Crippen LogP contribution >= 0.6 is 11.3 Å². The van der Waals surface area contributed by atoms with Gasteiger partial charge >= 0.3 is 0 Å². The van der Waals surface area contributed by atoms with Gasteiger partial charge in [0.15, 0.2) is 0 Å². The van der Waals surface area contributed by atoms with E-state index in [2.05, 4.69) is 11.1 Å². The zero-order chi connectivity index (χ0) is 12.5. The van der Waals surface area contributed by atoms with E-state index in [4.69, 9.17) is 5.26 Å². The van der Waals surface area contributed by atoms with Gasteiger partial charge in [0.05, 0.1) is 23.1 Å². The second-order valence-corrected chi connectivity index (χ2v) is 4.93. The molecule has 0 unspecified atom stereocenters. The third-order valence-corrected chi connectivity index (χ3v) is 3.78. The van der Waals surface area contributed by atoms with Crippen LogP contribution in [0.5, 0.6) is 0 Å². The van der Waals surface area contributed by atoms with Gasteiger partial charge in [-0.3, -0.25) is 0 Å². The maximum absolute atomic E-state index is 13.3. The Morgan fingerprint density at radius 3 is 2.94 bits per heavy atom. The molecule has 2 heterocycles. The number of aromatic nitrogens is 1. The van der Waals surface area contributed by atoms with E-state index in [1.165, 1.54) is 12.1 Å². The topological polar surface area (TPSA) is 39.6 Å². The second-order valence-electron chi connectivity index (χ2n) is 3.98. The van der Waals surface area contributed by atoms with Crippen molar-refractivity contribution in [3.05, 3.63) is 47.1 Å². The first-order valence-electron chi connectivity index (χ1n) is 5.50. The molecule has 3 aromatic rings. The Morgan fingerprint density at radius 1 is 1.33 bits per heavy atom. The van der Waals surface area contributed by atoms with Gasteiger partial charge in [0.1, 0.15) is 5.82 Å². The number of fused-ring (bicyclic) bond motifs is 1. The van der Waals surface area contributed by atoms with E-state index in [1.807, 2.05) is 17.5 Å². The number of nitrogens with zero attached hydrogens (tertiary/aromatic N) is 1. The number of rotatable bonds is 2. The van der Waals surface area contributed by atoms with Crippen LogP contribution in [-0.4, -0.2) is 4.98 Å². The quantitative estimate of drug-likeness (QED) is 0.736. The van der Waals surface area contributed by atoms with E-state index in [0.29, 0.717) is 0 Å². The summed E-state index contributed by atoms with van der Waals surface area (Å²) in [5.41, 5.74) is 2.66. The maximum atomic E-state index is 13.3. The Kier molecular flexibility index (Phi) is 2.62. The van der Waals surface area contributed by atoms with E-state index in [1.54, 1.807) is 17.4 Å². The summed E-state index contributed by atoms with van der Waals surface area (Å²) in [7, 11) is 0. The molecular formula is C14H9FN2S. The van der Waals surface area contributed by atoms with Crippen molar-refractivity contribution in [2.24, 2.45) is 0 Å². The fraction of sp³-hybridized carbons (Fsp3) is 0.0714. The summed E-state index contributed by atoms with van der Waals surface area (Å²) in [6.45, 7) is 0. The van der Waals surface area contributed by atoms with Gasteiger partial charge in [-0.1, -0.05) is 6.07 Å². The molecule has 0 spiro atoms. The zero-order valence-electron chi connectivity index (χ0n) is 9.40. The molecule has 18 heavy (non-hydrogen) atoms. The van der Waals surface area contributed by atoms with Gasteiger partial charge in [0.2, 0.25) is 0 Å². The van der Waals surface area contributed by atoms with Crippen molar-refractivity contribution in [2.45, 2.75) is 6.42 Å². The second kappa shape index (κ2) is 4.28. The van der Waals surface area contributed by atoms with Crippen LogP contribution in [0, 0.1) is 17.1 Å². The lowest BCUT2D eigenvalue weighted by molar-refractivity contribution is 0.629. The molecule has 2 nitrogen and oxygen atoms in total. The molecular weight excluding hydrogens is 247 g/mol. The molecule has 0 amide bonds. The number of benzene rings is 1. The van der Waals surface area contributed by atoms with Crippen LogP contribution in [0.1, 0.15) is 5.56 Å². The smallest absolute Gasteiger partial charge is 0.123 e. The molecule has 0 fully saturated rings. The molecule has 0 atom stereocenters. The standard InChI is InChI=1S/C14H9FN2S/c15-9-3-4-12-11(8-9)10(5-6-16)14(17-12)13-2-1-7-18-13/h1-4,7-8,17H,5H2. The van der Waals surface area contributed by atoms with Gasteiger partial charge < -0.3 is 4.98 Å². The third-order valence-electron chi connectivity index (χ3n) is 2.89. The normalized spacial score (nSPS) is 10.7. The highest BCUT2D eigenvalue weighted by Crippen LogP contribution is 2.33. The predicted octanol–water partition coefficient (Wildman–Crippen LogP) is 4.10. The van der Waals surface area contributed by atoms with Crippen LogP contribution in [0.4, 0.5) is 4.39 Å². The van der Waals surface area contributed by atoms with E-state index in [-0.39, 0.29) is 12.2 Å². The van der Waals surface area contributed by atoms with Crippen molar-refractivity contribution < 1.29 is 4.39 Å².